The highest BCUT2D eigenvalue weighted by Gasteiger charge is 2.38. The first-order valence-electron chi connectivity index (χ1n) is 5.54. The van der Waals surface area contributed by atoms with E-state index in [1.54, 1.807) is 20.8 Å². The molecule has 0 aliphatic rings. The predicted molar refractivity (Wildman–Crippen MR) is 61.9 cm³/mol. The number of amides is 1. The molecule has 1 atom stereocenters. The molecule has 5 heteroatoms. The summed E-state index contributed by atoms with van der Waals surface area (Å²) in [5.41, 5.74) is 4.29. The van der Waals surface area contributed by atoms with E-state index >= 15 is 0 Å². The first kappa shape index (κ1) is 14.9. The second-order valence-electron chi connectivity index (χ2n) is 4.55. The van der Waals surface area contributed by atoms with Crippen LogP contribution < -0.4 is 11.1 Å². The molecule has 0 aromatic heterocycles. The molecule has 0 spiro atoms. The Balaban J connectivity index is 4.31. The van der Waals surface area contributed by atoms with Gasteiger partial charge in [0.05, 0.1) is 5.41 Å². The second kappa shape index (κ2) is 6.48. The van der Waals surface area contributed by atoms with Gasteiger partial charge in [0.25, 0.3) is 0 Å². The number of rotatable bonds is 7. The lowest BCUT2D eigenvalue weighted by Crippen LogP contribution is -2.39. The van der Waals surface area contributed by atoms with Crippen LogP contribution in [-0.4, -0.2) is 30.1 Å². The summed E-state index contributed by atoms with van der Waals surface area (Å²) in [6.07, 6.45) is 0.710. The third kappa shape index (κ3) is 4.18. The van der Waals surface area contributed by atoms with Crippen LogP contribution in [0.5, 0.6) is 0 Å². The van der Waals surface area contributed by atoms with E-state index in [2.05, 4.69) is 5.32 Å². The fraction of sp³-hybridized carbons (Fsp3) is 0.818. The van der Waals surface area contributed by atoms with Gasteiger partial charge < -0.3 is 16.2 Å². The Labute approximate surface area is 96.4 Å². The molecule has 0 aromatic rings. The molecule has 5 nitrogen and oxygen atoms in total. The maximum Gasteiger partial charge on any atom is 0.310 e. The molecule has 0 aliphatic heterocycles. The lowest BCUT2D eigenvalue weighted by molar-refractivity contribution is -0.153. The van der Waals surface area contributed by atoms with Gasteiger partial charge in [-0.25, -0.2) is 0 Å². The Kier molecular flexibility index (Phi) is 6.03. The standard InChI is InChI=1S/C11H22N2O3/c1-8(2)11(3,10(15)16)7-9(14)13-6-4-5-12/h8H,4-7,12H2,1-3H3,(H,13,14)(H,15,16). The maximum atomic E-state index is 11.5. The van der Waals surface area contributed by atoms with Crippen molar-refractivity contribution in [1.82, 2.24) is 5.32 Å². The van der Waals surface area contributed by atoms with E-state index in [4.69, 9.17) is 10.8 Å². The monoisotopic (exact) mass is 230 g/mol. The van der Waals surface area contributed by atoms with Crippen molar-refractivity contribution in [3.8, 4) is 0 Å². The van der Waals surface area contributed by atoms with Crippen LogP contribution in [0.2, 0.25) is 0 Å². The van der Waals surface area contributed by atoms with Crippen molar-refractivity contribution in [3.05, 3.63) is 0 Å². The van der Waals surface area contributed by atoms with Crippen molar-refractivity contribution in [1.29, 1.82) is 0 Å². The smallest absolute Gasteiger partial charge is 0.310 e. The van der Waals surface area contributed by atoms with Gasteiger partial charge in [-0.2, -0.15) is 0 Å². The van der Waals surface area contributed by atoms with Gasteiger partial charge in [0.1, 0.15) is 0 Å². The molecule has 94 valence electrons. The van der Waals surface area contributed by atoms with Gasteiger partial charge in [0, 0.05) is 13.0 Å². The van der Waals surface area contributed by atoms with Crippen LogP contribution in [0.15, 0.2) is 0 Å². The van der Waals surface area contributed by atoms with Crippen LogP contribution in [0.1, 0.15) is 33.6 Å². The Morgan fingerprint density at radius 1 is 1.44 bits per heavy atom. The van der Waals surface area contributed by atoms with Gasteiger partial charge in [0.2, 0.25) is 5.91 Å². The third-order valence-corrected chi connectivity index (χ3v) is 2.99. The fourth-order valence-electron chi connectivity index (χ4n) is 1.25. The highest BCUT2D eigenvalue weighted by Crippen LogP contribution is 2.31. The Morgan fingerprint density at radius 2 is 2.00 bits per heavy atom. The number of carbonyl (C=O) groups is 2. The number of hydrogen-bond acceptors (Lipinski definition) is 3. The average Bonchev–Trinajstić information content (AvgIpc) is 2.17. The number of carboxylic acids is 1. The first-order chi connectivity index (χ1) is 7.34. The van der Waals surface area contributed by atoms with Crippen LogP contribution in [0.25, 0.3) is 0 Å². The quantitative estimate of drug-likeness (QED) is 0.558. The normalized spacial score (nSPS) is 14.6. The van der Waals surface area contributed by atoms with E-state index < -0.39 is 11.4 Å². The molecule has 0 heterocycles. The maximum absolute atomic E-state index is 11.5. The minimum Gasteiger partial charge on any atom is -0.481 e. The molecule has 0 saturated carbocycles. The summed E-state index contributed by atoms with van der Waals surface area (Å²) in [5.74, 6) is -1.26. The number of carboxylic acid groups (broad SMARTS) is 1. The van der Waals surface area contributed by atoms with Crippen LogP contribution >= 0.6 is 0 Å². The van der Waals surface area contributed by atoms with E-state index in [0.717, 1.165) is 0 Å². The van der Waals surface area contributed by atoms with Gasteiger partial charge in [0.15, 0.2) is 0 Å². The molecule has 4 N–H and O–H groups in total. The van der Waals surface area contributed by atoms with Gasteiger partial charge in [-0.05, 0) is 25.8 Å². The van der Waals surface area contributed by atoms with Crippen molar-refractivity contribution in [2.24, 2.45) is 17.1 Å². The molecule has 0 radical (unpaired) electrons. The van der Waals surface area contributed by atoms with Crippen LogP contribution in [-0.2, 0) is 9.59 Å². The zero-order chi connectivity index (χ0) is 12.8. The highest BCUT2D eigenvalue weighted by molar-refractivity contribution is 5.84. The summed E-state index contributed by atoms with van der Waals surface area (Å²) in [6.45, 7) is 6.23. The summed E-state index contributed by atoms with van der Waals surface area (Å²) in [4.78, 5) is 22.7. The van der Waals surface area contributed by atoms with Gasteiger partial charge in [-0.1, -0.05) is 13.8 Å². The summed E-state index contributed by atoms with van der Waals surface area (Å²) in [6, 6.07) is 0. The Morgan fingerprint density at radius 3 is 2.38 bits per heavy atom. The number of aliphatic carboxylic acids is 1. The molecule has 0 fully saturated rings. The molecular weight excluding hydrogens is 208 g/mol. The average molecular weight is 230 g/mol. The van der Waals surface area contributed by atoms with Crippen molar-refractivity contribution in [2.75, 3.05) is 13.1 Å². The molecule has 0 bridgehead atoms. The van der Waals surface area contributed by atoms with Gasteiger partial charge >= 0.3 is 5.97 Å². The van der Waals surface area contributed by atoms with E-state index in [0.29, 0.717) is 19.5 Å². The highest BCUT2D eigenvalue weighted by atomic mass is 16.4. The second-order valence-corrected chi connectivity index (χ2v) is 4.55. The SMILES string of the molecule is CC(C)C(C)(CC(=O)NCCCN)C(=O)O. The summed E-state index contributed by atoms with van der Waals surface area (Å²) >= 11 is 0. The molecular formula is C11H22N2O3. The number of nitrogens with one attached hydrogen (secondary N) is 1. The molecule has 0 aromatic carbocycles. The van der Waals surface area contributed by atoms with Crippen molar-refractivity contribution in [3.63, 3.8) is 0 Å². The lowest BCUT2D eigenvalue weighted by Gasteiger charge is -2.28. The molecule has 1 amide bonds. The largest absolute Gasteiger partial charge is 0.481 e. The summed E-state index contributed by atoms with van der Waals surface area (Å²) in [7, 11) is 0. The zero-order valence-electron chi connectivity index (χ0n) is 10.2. The molecule has 0 aliphatic carbocycles. The number of nitrogens with two attached hydrogens (primary N) is 1. The molecule has 0 saturated heterocycles. The number of carbonyl (C=O) groups excluding carboxylic acids is 1. The van der Waals surface area contributed by atoms with E-state index in [1.165, 1.54) is 0 Å². The fourth-order valence-corrected chi connectivity index (χ4v) is 1.25. The van der Waals surface area contributed by atoms with Gasteiger partial charge in [-0.3, -0.25) is 9.59 Å². The zero-order valence-corrected chi connectivity index (χ0v) is 10.2. The van der Waals surface area contributed by atoms with Crippen molar-refractivity contribution in [2.45, 2.75) is 33.6 Å². The van der Waals surface area contributed by atoms with E-state index in [9.17, 15) is 9.59 Å². The first-order valence-corrected chi connectivity index (χ1v) is 5.54. The topological polar surface area (TPSA) is 92.4 Å². The van der Waals surface area contributed by atoms with Crippen molar-refractivity contribution >= 4 is 11.9 Å². The van der Waals surface area contributed by atoms with Crippen LogP contribution in [0, 0.1) is 11.3 Å². The van der Waals surface area contributed by atoms with E-state index in [-0.39, 0.29) is 18.2 Å². The summed E-state index contributed by atoms with van der Waals surface area (Å²) in [5, 5.41) is 11.8. The van der Waals surface area contributed by atoms with Gasteiger partial charge in [-0.15, -0.1) is 0 Å². The minimum absolute atomic E-state index is 0.00454. The van der Waals surface area contributed by atoms with Crippen LogP contribution in [0.4, 0.5) is 0 Å². The lowest BCUT2D eigenvalue weighted by atomic mass is 9.76. The van der Waals surface area contributed by atoms with E-state index in [1.807, 2.05) is 0 Å². The predicted octanol–water partition coefficient (Wildman–Crippen LogP) is 0.588. The van der Waals surface area contributed by atoms with Crippen molar-refractivity contribution < 1.29 is 14.7 Å². The Hall–Kier alpha value is -1.10. The molecule has 0 rings (SSSR count). The Bertz CT molecular complexity index is 254. The minimum atomic E-state index is -1.01. The third-order valence-electron chi connectivity index (χ3n) is 2.99. The number of hydrogen-bond donors (Lipinski definition) is 3. The molecule has 1 unspecified atom stereocenters. The molecule has 16 heavy (non-hydrogen) atoms. The summed E-state index contributed by atoms with van der Waals surface area (Å²) < 4.78 is 0. The van der Waals surface area contributed by atoms with Crippen LogP contribution in [0.3, 0.4) is 0 Å².